The number of amides is 1. The van der Waals surface area contributed by atoms with Crippen LogP contribution in [0.5, 0.6) is 0 Å². The van der Waals surface area contributed by atoms with Gasteiger partial charge in [-0.1, -0.05) is 12.1 Å². The third-order valence-corrected chi connectivity index (χ3v) is 4.96. The number of nitrogens with zero attached hydrogens (tertiary/aromatic N) is 2. The number of carbonyl (C=O) groups excluding carboxylic acids is 1. The topological polar surface area (TPSA) is 75.2 Å². The number of halogens is 1. The van der Waals surface area contributed by atoms with Crippen LogP contribution >= 0.6 is 24.0 Å². The molecule has 7 nitrogen and oxygen atoms in total. The van der Waals surface area contributed by atoms with Crippen LogP contribution in [-0.4, -0.2) is 68.9 Å². The monoisotopic (exact) mass is 502 g/mol. The molecule has 1 amide bonds. The fourth-order valence-electron chi connectivity index (χ4n) is 3.59. The van der Waals surface area contributed by atoms with E-state index in [1.165, 1.54) is 0 Å². The fraction of sp³-hybridized carbons (Fsp3) is 0.600. The molecule has 0 aromatic heterocycles. The van der Waals surface area contributed by atoms with E-state index >= 15 is 0 Å². The smallest absolute Gasteiger partial charge is 0.251 e. The second kappa shape index (κ2) is 11.6. The maximum atomic E-state index is 12.0. The molecule has 2 atom stereocenters. The standard InChI is InChI=1S/C20H30N4O3.HI/c1-3-22-19(25)16-7-4-6-15(12-16)13-23-20(21-2)24-9-11-27-18(14-24)17-8-5-10-26-17;/h4,6-7,12,17-18H,3,5,8-11,13-14H2,1-2H3,(H,21,23)(H,22,25);1H. The van der Waals surface area contributed by atoms with Crippen molar-refractivity contribution < 1.29 is 14.3 Å². The number of rotatable bonds is 5. The Morgan fingerprint density at radius 1 is 1.25 bits per heavy atom. The zero-order valence-electron chi connectivity index (χ0n) is 16.6. The molecule has 2 unspecified atom stereocenters. The fourth-order valence-corrected chi connectivity index (χ4v) is 3.59. The van der Waals surface area contributed by atoms with E-state index in [1.54, 1.807) is 7.05 Å². The quantitative estimate of drug-likeness (QED) is 0.366. The molecule has 2 fully saturated rings. The summed E-state index contributed by atoms with van der Waals surface area (Å²) in [7, 11) is 1.80. The van der Waals surface area contributed by atoms with Gasteiger partial charge < -0.3 is 25.0 Å². The number of morpholine rings is 1. The van der Waals surface area contributed by atoms with Gasteiger partial charge >= 0.3 is 0 Å². The van der Waals surface area contributed by atoms with Crippen molar-refractivity contribution in [2.75, 3.05) is 39.9 Å². The Morgan fingerprint density at radius 2 is 2.07 bits per heavy atom. The summed E-state index contributed by atoms with van der Waals surface area (Å²) >= 11 is 0. The van der Waals surface area contributed by atoms with Gasteiger partial charge in [0.25, 0.3) is 5.91 Å². The molecule has 1 aromatic rings. The first-order chi connectivity index (χ1) is 13.2. The summed E-state index contributed by atoms with van der Waals surface area (Å²) in [5.41, 5.74) is 1.72. The predicted molar refractivity (Wildman–Crippen MR) is 120 cm³/mol. The largest absolute Gasteiger partial charge is 0.375 e. The molecule has 156 valence electrons. The zero-order valence-corrected chi connectivity index (χ0v) is 19.0. The molecule has 28 heavy (non-hydrogen) atoms. The summed E-state index contributed by atoms with van der Waals surface area (Å²) in [4.78, 5) is 18.7. The summed E-state index contributed by atoms with van der Waals surface area (Å²) in [5.74, 6) is 0.807. The Balaban J connectivity index is 0.00000280. The van der Waals surface area contributed by atoms with Crippen LogP contribution in [0.3, 0.4) is 0 Å². The molecule has 2 aliphatic rings. The number of guanidine groups is 1. The van der Waals surface area contributed by atoms with Crippen molar-refractivity contribution in [2.24, 2.45) is 4.99 Å². The first kappa shape index (κ1) is 22.9. The van der Waals surface area contributed by atoms with E-state index in [1.807, 2.05) is 31.2 Å². The molecule has 2 heterocycles. The van der Waals surface area contributed by atoms with Crippen molar-refractivity contribution in [2.45, 2.75) is 38.5 Å². The van der Waals surface area contributed by atoms with Crippen LogP contribution in [0.2, 0.25) is 0 Å². The number of carbonyl (C=O) groups is 1. The average molecular weight is 502 g/mol. The summed E-state index contributed by atoms with van der Waals surface area (Å²) in [6.07, 6.45) is 2.47. The molecule has 2 aliphatic heterocycles. The van der Waals surface area contributed by atoms with Crippen molar-refractivity contribution in [3.05, 3.63) is 35.4 Å². The van der Waals surface area contributed by atoms with E-state index in [0.717, 1.165) is 44.1 Å². The highest BCUT2D eigenvalue weighted by Crippen LogP contribution is 2.21. The molecule has 0 spiro atoms. The van der Waals surface area contributed by atoms with Gasteiger partial charge in [-0.15, -0.1) is 24.0 Å². The van der Waals surface area contributed by atoms with Gasteiger partial charge in [-0.3, -0.25) is 9.79 Å². The Hall–Kier alpha value is -1.39. The van der Waals surface area contributed by atoms with Gasteiger partial charge in [-0.2, -0.15) is 0 Å². The van der Waals surface area contributed by atoms with Gasteiger partial charge in [0, 0.05) is 45.4 Å². The molecule has 2 saturated heterocycles. The summed E-state index contributed by atoms with van der Waals surface area (Å²) in [6, 6.07) is 7.67. The predicted octanol–water partition coefficient (Wildman–Crippen LogP) is 2.01. The van der Waals surface area contributed by atoms with E-state index in [9.17, 15) is 4.79 Å². The third-order valence-electron chi connectivity index (χ3n) is 4.96. The Labute approximate surface area is 184 Å². The van der Waals surface area contributed by atoms with Gasteiger partial charge in [-0.05, 0) is 37.5 Å². The Morgan fingerprint density at radius 3 is 2.79 bits per heavy atom. The highest BCUT2D eigenvalue weighted by Gasteiger charge is 2.32. The summed E-state index contributed by atoms with van der Waals surface area (Å²) in [6.45, 7) is 6.25. The Bertz CT molecular complexity index is 665. The molecule has 0 radical (unpaired) electrons. The van der Waals surface area contributed by atoms with Crippen molar-refractivity contribution >= 4 is 35.8 Å². The Kier molecular flexibility index (Phi) is 9.46. The van der Waals surface area contributed by atoms with Crippen molar-refractivity contribution in [1.29, 1.82) is 0 Å². The van der Waals surface area contributed by atoms with E-state index in [0.29, 0.717) is 25.3 Å². The first-order valence-electron chi connectivity index (χ1n) is 9.77. The van der Waals surface area contributed by atoms with E-state index in [2.05, 4.69) is 20.5 Å². The molecule has 0 aliphatic carbocycles. The average Bonchev–Trinajstić information content (AvgIpc) is 3.24. The van der Waals surface area contributed by atoms with Gasteiger partial charge in [-0.25, -0.2) is 0 Å². The van der Waals surface area contributed by atoms with Crippen molar-refractivity contribution in [1.82, 2.24) is 15.5 Å². The number of hydrogen-bond donors (Lipinski definition) is 2. The number of benzene rings is 1. The van der Waals surface area contributed by atoms with Crippen LogP contribution in [0.25, 0.3) is 0 Å². The number of hydrogen-bond acceptors (Lipinski definition) is 4. The minimum Gasteiger partial charge on any atom is -0.375 e. The SMILES string of the molecule is CCNC(=O)c1cccc(CNC(=NC)N2CCOC(C3CCCO3)C2)c1.I. The molecule has 3 rings (SSSR count). The highest BCUT2D eigenvalue weighted by molar-refractivity contribution is 14.0. The lowest BCUT2D eigenvalue weighted by Crippen LogP contribution is -2.53. The zero-order chi connectivity index (χ0) is 19.1. The third kappa shape index (κ3) is 6.05. The van der Waals surface area contributed by atoms with Gasteiger partial charge in [0.1, 0.15) is 6.10 Å². The molecular formula is C20H31IN4O3. The molecule has 0 bridgehead atoms. The van der Waals surface area contributed by atoms with Crippen molar-refractivity contribution in [3.8, 4) is 0 Å². The minimum absolute atomic E-state index is 0. The maximum absolute atomic E-state index is 12.0. The van der Waals surface area contributed by atoms with Crippen LogP contribution in [0, 0.1) is 0 Å². The lowest BCUT2D eigenvalue weighted by atomic mass is 10.1. The minimum atomic E-state index is -0.0451. The summed E-state index contributed by atoms with van der Waals surface area (Å²) < 4.78 is 11.7. The van der Waals surface area contributed by atoms with Crippen LogP contribution in [0.1, 0.15) is 35.7 Å². The second-order valence-electron chi connectivity index (χ2n) is 6.87. The van der Waals surface area contributed by atoms with Crippen LogP contribution in [0.4, 0.5) is 0 Å². The molecule has 2 N–H and O–H groups in total. The highest BCUT2D eigenvalue weighted by atomic mass is 127. The second-order valence-corrected chi connectivity index (χ2v) is 6.87. The number of ether oxygens (including phenoxy) is 2. The van der Waals surface area contributed by atoms with Gasteiger partial charge in [0.15, 0.2) is 5.96 Å². The number of nitrogens with one attached hydrogen (secondary N) is 2. The van der Waals surface area contributed by atoms with Crippen LogP contribution < -0.4 is 10.6 Å². The molecule has 0 saturated carbocycles. The maximum Gasteiger partial charge on any atom is 0.251 e. The van der Waals surface area contributed by atoms with Crippen molar-refractivity contribution in [3.63, 3.8) is 0 Å². The van der Waals surface area contributed by atoms with E-state index in [4.69, 9.17) is 9.47 Å². The lowest BCUT2D eigenvalue weighted by molar-refractivity contribution is -0.0817. The number of aliphatic imine (C=N–C) groups is 1. The molecule has 1 aromatic carbocycles. The molecular weight excluding hydrogens is 471 g/mol. The van der Waals surface area contributed by atoms with Crippen LogP contribution in [0.15, 0.2) is 29.3 Å². The van der Waals surface area contributed by atoms with Gasteiger partial charge in [0.2, 0.25) is 0 Å². The van der Waals surface area contributed by atoms with E-state index in [-0.39, 0.29) is 42.1 Å². The first-order valence-corrected chi connectivity index (χ1v) is 9.77. The van der Waals surface area contributed by atoms with Crippen LogP contribution in [-0.2, 0) is 16.0 Å². The lowest BCUT2D eigenvalue weighted by Gasteiger charge is -2.37. The molecule has 8 heteroatoms. The van der Waals surface area contributed by atoms with Gasteiger partial charge in [0.05, 0.1) is 12.7 Å². The normalized spacial score (nSPS) is 22.5. The summed E-state index contributed by atoms with van der Waals surface area (Å²) in [5, 5.41) is 6.24. The van der Waals surface area contributed by atoms with E-state index < -0.39 is 0 Å².